The zero-order valence-corrected chi connectivity index (χ0v) is 13.8. The lowest BCUT2D eigenvalue weighted by Gasteiger charge is -2.36. The van der Waals surface area contributed by atoms with Gasteiger partial charge < -0.3 is 20.2 Å². The van der Waals surface area contributed by atoms with Gasteiger partial charge in [0.2, 0.25) is 0 Å². The van der Waals surface area contributed by atoms with Gasteiger partial charge in [0.05, 0.1) is 0 Å². The van der Waals surface area contributed by atoms with Crippen molar-refractivity contribution in [2.24, 2.45) is 0 Å². The lowest BCUT2D eigenvalue weighted by atomic mass is 10.1. The van der Waals surface area contributed by atoms with E-state index >= 15 is 0 Å². The number of aliphatic hydroxyl groups is 1. The first-order chi connectivity index (χ1) is 11.0. The van der Waals surface area contributed by atoms with Crippen LogP contribution in [0.25, 0.3) is 0 Å². The molecule has 6 nitrogen and oxygen atoms in total. The number of carbonyl (C=O) groups excluding carboxylic acids is 2. The summed E-state index contributed by atoms with van der Waals surface area (Å²) in [5.74, 6) is -1.07. The van der Waals surface area contributed by atoms with E-state index in [2.05, 4.69) is 36.2 Å². The molecule has 1 aromatic carbocycles. The van der Waals surface area contributed by atoms with Gasteiger partial charge in [0.1, 0.15) is 0 Å². The van der Waals surface area contributed by atoms with Crippen LogP contribution < -0.4 is 10.2 Å². The van der Waals surface area contributed by atoms with Crippen LogP contribution in [0.15, 0.2) is 18.2 Å². The molecule has 0 aliphatic carbocycles. The molecule has 0 atom stereocenters. The van der Waals surface area contributed by atoms with Crippen LogP contribution in [0.2, 0.25) is 0 Å². The van der Waals surface area contributed by atoms with E-state index in [1.807, 2.05) is 6.07 Å². The Balaban J connectivity index is 1.89. The van der Waals surface area contributed by atoms with E-state index in [9.17, 15) is 9.59 Å². The summed E-state index contributed by atoms with van der Waals surface area (Å²) in [5, 5.41) is 11.2. The highest BCUT2D eigenvalue weighted by Gasteiger charge is 2.26. The van der Waals surface area contributed by atoms with Gasteiger partial charge in [0.25, 0.3) is 0 Å². The Kier molecular flexibility index (Phi) is 5.98. The summed E-state index contributed by atoms with van der Waals surface area (Å²) >= 11 is 0. The zero-order valence-electron chi connectivity index (χ0n) is 13.8. The second kappa shape index (κ2) is 7.97. The molecule has 1 aromatic rings. The number of piperazine rings is 1. The smallest absolute Gasteiger partial charge is 0.312 e. The van der Waals surface area contributed by atoms with Crippen molar-refractivity contribution in [2.75, 3.05) is 44.2 Å². The molecule has 1 aliphatic heterocycles. The van der Waals surface area contributed by atoms with Crippen LogP contribution in [-0.4, -0.2) is 61.2 Å². The van der Waals surface area contributed by atoms with E-state index in [-0.39, 0.29) is 6.61 Å². The van der Waals surface area contributed by atoms with Crippen molar-refractivity contribution < 1.29 is 14.7 Å². The summed E-state index contributed by atoms with van der Waals surface area (Å²) < 4.78 is 0. The number of carbonyl (C=O) groups is 2. The number of hydrogen-bond acceptors (Lipinski definition) is 4. The number of aryl methyl sites for hydroxylation is 1. The van der Waals surface area contributed by atoms with Gasteiger partial charge in [-0.1, -0.05) is 12.1 Å². The van der Waals surface area contributed by atoms with Gasteiger partial charge in [0, 0.05) is 45.0 Å². The number of anilines is 1. The summed E-state index contributed by atoms with van der Waals surface area (Å²) in [6.07, 6.45) is 0.458. The minimum Gasteiger partial charge on any atom is -0.396 e. The third kappa shape index (κ3) is 4.22. The SMILES string of the molecule is Cc1cccc(N2CCN(C(=O)C(=O)NCCCO)CC2)c1C. The van der Waals surface area contributed by atoms with Crippen LogP contribution in [0, 0.1) is 13.8 Å². The fourth-order valence-electron chi connectivity index (χ4n) is 2.73. The molecular formula is C17H25N3O3. The van der Waals surface area contributed by atoms with E-state index in [0.717, 1.165) is 13.1 Å². The molecule has 1 aliphatic rings. The van der Waals surface area contributed by atoms with E-state index in [0.29, 0.717) is 26.1 Å². The van der Waals surface area contributed by atoms with Gasteiger partial charge >= 0.3 is 11.8 Å². The fourth-order valence-corrected chi connectivity index (χ4v) is 2.73. The number of hydrogen-bond donors (Lipinski definition) is 2. The normalized spacial score (nSPS) is 14.7. The molecular weight excluding hydrogens is 294 g/mol. The van der Waals surface area contributed by atoms with Crippen molar-refractivity contribution in [1.29, 1.82) is 0 Å². The van der Waals surface area contributed by atoms with Crippen LogP contribution in [0.5, 0.6) is 0 Å². The molecule has 1 heterocycles. The van der Waals surface area contributed by atoms with Crippen molar-refractivity contribution in [3.05, 3.63) is 29.3 Å². The quantitative estimate of drug-likeness (QED) is 0.624. The van der Waals surface area contributed by atoms with Gasteiger partial charge in [-0.2, -0.15) is 0 Å². The fraction of sp³-hybridized carbons (Fsp3) is 0.529. The Morgan fingerprint density at radius 2 is 1.87 bits per heavy atom. The molecule has 0 spiro atoms. The molecule has 2 N–H and O–H groups in total. The van der Waals surface area contributed by atoms with Gasteiger partial charge in [-0.3, -0.25) is 9.59 Å². The van der Waals surface area contributed by atoms with E-state index in [1.165, 1.54) is 16.8 Å². The number of nitrogens with one attached hydrogen (secondary N) is 1. The van der Waals surface area contributed by atoms with Crippen molar-refractivity contribution in [3.63, 3.8) is 0 Å². The number of aliphatic hydroxyl groups excluding tert-OH is 1. The van der Waals surface area contributed by atoms with Crippen molar-refractivity contribution in [1.82, 2.24) is 10.2 Å². The monoisotopic (exact) mass is 319 g/mol. The number of rotatable bonds is 4. The molecule has 6 heteroatoms. The minimum atomic E-state index is -0.585. The molecule has 0 unspecified atom stereocenters. The highest BCUT2D eigenvalue weighted by atomic mass is 16.3. The Labute approximate surface area is 137 Å². The minimum absolute atomic E-state index is 0.00296. The largest absolute Gasteiger partial charge is 0.396 e. The highest BCUT2D eigenvalue weighted by molar-refractivity contribution is 6.35. The zero-order chi connectivity index (χ0) is 16.8. The maximum absolute atomic E-state index is 12.1. The second-order valence-electron chi connectivity index (χ2n) is 5.83. The standard InChI is InChI=1S/C17H25N3O3/c1-13-5-3-6-15(14(13)2)19-8-10-20(11-9-19)17(23)16(22)18-7-4-12-21/h3,5-6,21H,4,7-12H2,1-2H3,(H,18,22). The maximum atomic E-state index is 12.1. The Morgan fingerprint density at radius 1 is 1.17 bits per heavy atom. The van der Waals surface area contributed by atoms with Gasteiger partial charge in [-0.05, 0) is 37.5 Å². The predicted molar refractivity (Wildman–Crippen MR) is 89.4 cm³/mol. The average molecular weight is 319 g/mol. The van der Waals surface area contributed by atoms with E-state index in [1.54, 1.807) is 4.90 Å². The molecule has 126 valence electrons. The van der Waals surface area contributed by atoms with Gasteiger partial charge in [0.15, 0.2) is 0 Å². The third-order valence-corrected chi connectivity index (χ3v) is 4.30. The molecule has 2 rings (SSSR count). The Hall–Kier alpha value is -2.08. The van der Waals surface area contributed by atoms with Crippen LogP contribution in [0.3, 0.4) is 0 Å². The third-order valence-electron chi connectivity index (χ3n) is 4.30. The van der Waals surface area contributed by atoms with Gasteiger partial charge in [-0.15, -0.1) is 0 Å². The number of benzene rings is 1. The van der Waals surface area contributed by atoms with E-state index in [4.69, 9.17) is 5.11 Å². The average Bonchev–Trinajstić information content (AvgIpc) is 2.57. The predicted octanol–water partition coefficient (Wildman–Crippen LogP) is 0.451. The molecule has 0 radical (unpaired) electrons. The van der Waals surface area contributed by atoms with Crippen molar-refractivity contribution in [2.45, 2.75) is 20.3 Å². The summed E-state index contributed by atoms with van der Waals surface area (Å²) in [5.41, 5.74) is 3.71. The molecule has 0 bridgehead atoms. The summed E-state index contributed by atoms with van der Waals surface area (Å²) in [6, 6.07) is 6.24. The maximum Gasteiger partial charge on any atom is 0.312 e. The van der Waals surface area contributed by atoms with Crippen LogP contribution in [0.1, 0.15) is 17.5 Å². The molecule has 1 saturated heterocycles. The second-order valence-corrected chi connectivity index (χ2v) is 5.83. The van der Waals surface area contributed by atoms with Crippen molar-refractivity contribution in [3.8, 4) is 0 Å². The Morgan fingerprint density at radius 3 is 2.52 bits per heavy atom. The highest BCUT2D eigenvalue weighted by Crippen LogP contribution is 2.23. The lowest BCUT2D eigenvalue weighted by Crippen LogP contribution is -2.53. The van der Waals surface area contributed by atoms with Gasteiger partial charge in [-0.25, -0.2) is 0 Å². The van der Waals surface area contributed by atoms with Crippen LogP contribution in [-0.2, 0) is 9.59 Å². The first-order valence-electron chi connectivity index (χ1n) is 8.03. The van der Waals surface area contributed by atoms with Crippen LogP contribution >= 0.6 is 0 Å². The topological polar surface area (TPSA) is 72.9 Å². The first kappa shape index (κ1) is 17.3. The number of nitrogens with zero attached hydrogens (tertiary/aromatic N) is 2. The van der Waals surface area contributed by atoms with E-state index < -0.39 is 11.8 Å². The van der Waals surface area contributed by atoms with Crippen LogP contribution in [0.4, 0.5) is 5.69 Å². The molecule has 2 amide bonds. The molecule has 23 heavy (non-hydrogen) atoms. The number of amides is 2. The summed E-state index contributed by atoms with van der Waals surface area (Å²) in [7, 11) is 0. The molecule has 0 saturated carbocycles. The Bertz CT molecular complexity index is 566. The first-order valence-corrected chi connectivity index (χ1v) is 8.03. The summed E-state index contributed by atoms with van der Waals surface area (Å²) in [4.78, 5) is 27.7. The molecule has 1 fully saturated rings. The lowest BCUT2D eigenvalue weighted by molar-refractivity contribution is -0.146. The summed E-state index contributed by atoms with van der Waals surface area (Å²) in [6.45, 7) is 7.05. The molecule has 0 aromatic heterocycles. The van der Waals surface area contributed by atoms with Crippen molar-refractivity contribution >= 4 is 17.5 Å².